The molecule has 1 atom stereocenters. The molecule has 0 bridgehead atoms. The number of carboxylic acid groups (broad SMARTS) is 1. The van der Waals surface area contributed by atoms with Crippen LogP contribution in [0.2, 0.25) is 5.02 Å². The predicted molar refractivity (Wildman–Crippen MR) is 87.7 cm³/mol. The molecular formula is C16H12ClN3O5. The molecule has 3 aromatic rings. The first-order valence-electron chi connectivity index (χ1n) is 7.17. The molecule has 0 spiro atoms. The van der Waals surface area contributed by atoms with E-state index >= 15 is 0 Å². The van der Waals surface area contributed by atoms with Crippen molar-refractivity contribution in [2.24, 2.45) is 0 Å². The highest BCUT2D eigenvalue weighted by molar-refractivity contribution is 6.31. The highest BCUT2D eigenvalue weighted by Crippen LogP contribution is 2.23. The first kappa shape index (κ1) is 16.7. The van der Waals surface area contributed by atoms with E-state index in [1.807, 2.05) is 0 Å². The van der Waals surface area contributed by atoms with Crippen LogP contribution in [0.15, 0.2) is 42.5 Å². The second kappa shape index (κ2) is 6.78. The summed E-state index contributed by atoms with van der Waals surface area (Å²) in [7, 11) is 0. The van der Waals surface area contributed by atoms with E-state index in [-0.39, 0.29) is 11.5 Å². The molecule has 0 radical (unpaired) electrons. The maximum Gasteiger partial charge on any atom is 0.386 e. The van der Waals surface area contributed by atoms with Gasteiger partial charge in [0.15, 0.2) is 6.10 Å². The molecule has 0 aliphatic heterocycles. The number of nitrogens with zero attached hydrogens (tertiary/aromatic N) is 3. The fourth-order valence-corrected chi connectivity index (χ4v) is 2.16. The number of aromatic nitrogens is 3. The smallest absolute Gasteiger partial charge is 0.386 e. The van der Waals surface area contributed by atoms with Gasteiger partial charge in [-0.3, -0.25) is 0 Å². The van der Waals surface area contributed by atoms with Crippen LogP contribution in [0.4, 0.5) is 0 Å². The van der Waals surface area contributed by atoms with Crippen LogP contribution in [-0.4, -0.2) is 27.3 Å². The Morgan fingerprint density at radius 2 is 1.92 bits per heavy atom. The third-order valence-corrected chi connectivity index (χ3v) is 3.46. The van der Waals surface area contributed by atoms with Crippen LogP contribution in [0, 0.1) is 5.21 Å². The Labute approximate surface area is 146 Å². The molecule has 0 saturated carbocycles. The van der Waals surface area contributed by atoms with Crippen molar-refractivity contribution in [2.45, 2.75) is 13.0 Å². The van der Waals surface area contributed by atoms with Gasteiger partial charge in [0.1, 0.15) is 17.0 Å². The van der Waals surface area contributed by atoms with E-state index in [0.717, 1.165) is 0 Å². The van der Waals surface area contributed by atoms with E-state index in [9.17, 15) is 10.0 Å². The lowest BCUT2D eigenvalue weighted by Gasteiger charge is -2.10. The second-order valence-corrected chi connectivity index (χ2v) is 5.51. The van der Waals surface area contributed by atoms with E-state index in [0.29, 0.717) is 26.9 Å². The molecule has 0 saturated heterocycles. The zero-order valence-corrected chi connectivity index (χ0v) is 13.7. The summed E-state index contributed by atoms with van der Waals surface area (Å²) in [6.07, 6.45) is -0.971. The average molecular weight is 362 g/mol. The first-order valence-corrected chi connectivity index (χ1v) is 7.55. The lowest BCUT2D eigenvalue weighted by molar-refractivity contribution is -0.643. The summed E-state index contributed by atoms with van der Waals surface area (Å²) >= 11 is 5.84. The topological polar surface area (TPSA) is 108 Å². The van der Waals surface area contributed by atoms with Gasteiger partial charge in [-0.25, -0.2) is 4.79 Å². The molecule has 3 rings (SSSR count). The van der Waals surface area contributed by atoms with Crippen molar-refractivity contribution in [1.29, 1.82) is 0 Å². The number of aliphatic carboxylic acids is 1. The number of hydrogen-bond acceptors (Lipinski definition) is 6. The number of ether oxygens (including phenoxy) is 2. The maximum absolute atomic E-state index is 11.9. The zero-order chi connectivity index (χ0) is 18.0. The molecule has 2 aromatic carbocycles. The molecule has 0 fully saturated rings. The van der Waals surface area contributed by atoms with Crippen LogP contribution in [0.5, 0.6) is 17.5 Å². The van der Waals surface area contributed by atoms with Crippen LogP contribution in [0.3, 0.4) is 0 Å². The van der Waals surface area contributed by atoms with Crippen LogP contribution < -0.4 is 14.3 Å². The number of benzene rings is 2. The predicted octanol–water partition coefficient (Wildman–Crippen LogP) is 2.56. The van der Waals surface area contributed by atoms with E-state index in [4.69, 9.17) is 26.2 Å². The molecule has 9 heteroatoms. The van der Waals surface area contributed by atoms with E-state index in [2.05, 4.69) is 10.1 Å². The molecule has 0 aliphatic carbocycles. The normalized spacial score (nSPS) is 11.9. The lowest BCUT2D eigenvalue weighted by atomic mass is 10.3. The standard InChI is InChI=1S/C16H12ClN3O5/c1-9(15(21)22)24-11-3-5-12(6-4-11)25-16-18-13-7-2-10(17)8-14(13)20(23)19-16/h2-9H,1H3,(H,21,22). The number of rotatable bonds is 5. The van der Waals surface area contributed by atoms with Gasteiger partial charge in [-0.2, -0.15) is 4.98 Å². The molecule has 25 heavy (non-hydrogen) atoms. The SMILES string of the molecule is CC(Oc1ccc(Oc2nc3ccc(Cl)cc3[n+]([O-])n2)cc1)C(=O)O. The maximum atomic E-state index is 11.9. The Balaban J connectivity index is 1.79. The van der Waals surface area contributed by atoms with E-state index < -0.39 is 12.1 Å². The molecule has 128 valence electrons. The Bertz CT molecular complexity index is 933. The van der Waals surface area contributed by atoms with E-state index in [1.165, 1.54) is 13.0 Å². The fraction of sp³-hybridized carbons (Fsp3) is 0.125. The highest BCUT2D eigenvalue weighted by Gasteiger charge is 2.14. The number of hydrogen-bond donors (Lipinski definition) is 1. The largest absolute Gasteiger partial charge is 0.594 e. The molecule has 1 heterocycles. The summed E-state index contributed by atoms with van der Waals surface area (Å²) in [5.41, 5.74) is 0.617. The van der Waals surface area contributed by atoms with Crippen LogP contribution in [-0.2, 0) is 4.79 Å². The summed E-state index contributed by atoms with van der Waals surface area (Å²) < 4.78 is 10.7. The van der Waals surface area contributed by atoms with Gasteiger partial charge >= 0.3 is 12.0 Å². The monoisotopic (exact) mass is 361 g/mol. The molecule has 1 aromatic heterocycles. The molecule has 8 nitrogen and oxygen atoms in total. The molecule has 1 N–H and O–H groups in total. The first-order chi connectivity index (χ1) is 11.9. The Hall–Kier alpha value is -3.13. The van der Waals surface area contributed by atoms with Crippen molar-refractivity contribution in [3.63, 3.8) is 0 Å². The molecule has 0 aliphatic rings. The Morgan fingerprint density at radius 3 is 2.60 bits per heavy atom. The van der Waals surface area contributed by atoms with Gasteiger partial charge in [0.05, 0.1) is 5.10 Å². The van der Waals surface area contributed by atoms with Gasteiger partial charge in [0, 0.05) is 11.1 Å². The fourth-order valence-electron chi connectivity index (χ4n) is 1.99. The van der Waals surface area contributed by atoms with Crippen molar-refractivity contribution in [3.05, 3.63) is 52.7 Å². The average Bonchev–Trinajstić information content (AvgIpc) is 2.57. The van der Waals surface area contributed by atoms with Gasteiger partial charge in [-0.1, -0.05) is 11.6 Å². The summed E-state index contributed by atoms with van der Waals surface area (Å²) in [4.78, 5) is 15.3. The third kappa shape index (κ3) is 3.86. The summed E-state index contributed by atoms with van der Waals surface area (Å²) in [5.74, 6) is -0.330. The molecule has 1 unspecified atom stereocenters. The number of halogens is 1. The van der Waals surface area contributed by atoms with Gasteiger partial charge in [-0.05, 0) is 48.2 Å². The van der Waals surface area contributed by atoms with Gasteiger partial charge in [0.25, 0.3) is 5.52 Å². The Kier molecular flexibility index (Phi) is 4.53. The van der Waals surface area contributed by atoms with Crippen molar-refractivity contribution in [1.82, 2.24) is 10.1 Å². The number of carboxylic acids is 1. The second-order valence-electron chi connectivity index (χ2n) is 5.07. The summed E-state index contributed by atoms with van der Waals surface area (Å²) in [6, 6.07) is 10.7. The number of carbonyl (C=O) groups is 1. The zero-order valence-electron chi connectivity index (χ0n) is 12.9. The third-order valence-electron chi connectivity index (χ3n) is 3.23. The Morgan fingerprint density at radius 1 is 1.24 bits per heavy atom. The molecule has 0 amide bonds. The highest BCUT2D eigenvalue weighted by atomic mass is 35.5. The lowest BCUT2D eigenvalue weighted by Crippen LogP contribution is -2.32. The van der Waals surface area contributed by atoms with Crippen LogP contribution in [0.1, 0.15) is 6.92 Å². The van der Waals surface area contributed by atoms with Gasteiger partial charge in [-0.15, -0.1) is 0 Å². The minimum Gasteiger partial charge on any atom is -0.594 e. The van der Waals surface area contributed by atoms with Gasteiger partial charge in [0.2, 0.25) is 0 Å². The van der Waals surface area contributed by atoms with E-state index in [1.54, 1.807) is 36.4 Å². The summed E-state index contributed by atoms with van der Waals surface area (Å²) in [6.45, 7) is 1.43. The quantitative estimate of drug-likeness (QED) is 0.549. The van der Waals surface area contributed by atoms with Crippen LogP contribution in [0.25, 0.3) is 11.0 Å². The van der Waals surface area contributed by atoms with Gasteiger partial charge < -0.3 is 19.8 Å². The summed E-state index contributed by atoms with van der Waals surface area (Å²) in [5, 5.41) is 24.8. The minimum atomic E-state index is -1.06. The van der Waals surface area contributed by atoms with Crippen molar-refractivity contribution >= 4 is 28.6 Å². The van der Waals surface area contributed by atoms with Crippen LogP contribution >= 0.6 is 11.6 Å². The van der Waals surface area contributed by atoms with Crippen molar-refractivity contribution < 1.29 is 24.2 Å². The number of fused-ring (bicyclic) bond motifs is 1. The molecular weight excluding hydrogens is 350 g/mol. The minimum absolute atomic E-state index is 0.127. The van der Waals surface area contributed by atoms with Crippen molar-refractivity contribution in [2.75, 3.05) is 0 Å². The van der Waals surface area contributed by atoms with Crippen molar-refractivity contribution in [3.8, 4) is 17.5 Å².